The number of rotatable bonds is 3. The van der Waals surface area contributed by atoms with Crippen LogP contribution >= 0.6 is 0 Å². The molecule has 0 N–H and O–H groups in total. The van der Waals surface area contributed by atoms with E-state index in [9.17, 15) is 13.6 Å². The fraction of sp³-hybridized carbons (Fsp3) is 0.217. The van der Waals surface area contributed by atoms with Crippen molar-refractivity contribution in [2.24, 2.45) is 16.0 Å². The van der Waals surface area contributed by atoms with Crippen molar-refractivity contribution in [3.8, 4) is 6.07 Å². The first-order valence-corrected chi connectivity index (χ1v) is 9.69. The van der Waals surface area contributed by atoms with Gasteiger partial charge in [0, 0.05) is 23.1 Å². The molecule has 1 saturated carbocycles. The third-order valence-corrected chi connectivity index (χ3v) is 5.45. The maximum absolute atomic E-state index is 14.5. The van der Waals surface area contributed by atoms with Crippen LogP contribution in [-0.4, -0.2) is 28.5 Å². The molecule has 1 fully saturated rings. The molecule has 148 valence electrons. The highest BCUT2D eigenvalue weighted by Crippen LogP contribution is 2.40. The highest BCUT2D eigenvalue weighted by Gasteiger charge is 2.39. The van der Waals surface area contributed by atoms with Crippen LogP contribution in [0.5, 0.6) is 0 Å². The van der Waals surface area contributed by atoms with Gasteiger partial charge in [-0.1, -0.05) is 12.1 Å². The SMILES string of the molecule is N#Cc1ccc(C2=NC3C=C(c4ccc(F)cc4F)C(C4CC4)=NN3C(=O)C2)cc1. The Morgan fingerprint density at radius 2 is 1.87 bits per heavy atom. The van der Waals surface area contributed by atoms with Gasteiger partial charge >= 0.3 is 0 Å². The zero-order valence-electron chi connectivity index (χ0n) is 15.8. The molecule has 0 aromatic heterocycles. The lowest BCUT2D eigenvalue weighted by molar-refractivity contribution is -0.131. The van der Waals surface area contributed by atoms with Gasteiger partial charge in [0.2, 0.25) is 0 Å². The van der Waals surface area contributed by atoms with Crippen LogP contribution in [0.3, 0.4) is 0 Å². The molecule has 1 atom stereocenters. The minimum Gasteiger partial charge on any atom is -0.272 e. The van der Waals surface area contributed by atoms with E-state index in [1.54, 1.807) is 30.3 Å². The van der Waals surface area contributed by atoms with Crippen molar-refractivity contribution in [1.82, 2.24) is 5.01 Å². The lowest BCUT2D eigenvalue weighted by Crippen LogP contribution is -2.43. The summed E-state index contributed by atoms with van der Waals surface area (Å²) >= 11 is 0. The van der Waals surface area contributed by atoms with Gasteiger partial charge < -0.3 is 0 Å². The summed E-state index contributed by atoms with van der Waals surface area (Å²) in [7, 11) is 0. The molecule has 2 aliphatic heterocycles. The molecule has 2 heterocycles. The second-order valence-corrected chi connectivity index (χ2v) is 7.56. The number of hydrogen-bond acceptors (Lipinski definition) is 4. The number of nitriles is 1. The largest absolute Gasteiger partial charge is 0.272 e. The van der Waals surface area contributed by atoms with Crippen molar-refractivity contribution < 1.29 is 13.6 Å². The first kappa shape index (κ1) is 18.4. The van der Waals surface area contributed by atoms with Crippen LogP contribution < -0.4 is 0 Å². The number of carbonyl (C=O) groups excluding carboxylic acids is 1. The summed E-state index contributed by atoms with van der Waals surface area (Å²) in [4.78, 5) is 17.5. The summed E-state index contributed by atoms with van der Waals surface area (Å²) in [6.45, 7) is 0. The molecule has 5 rings (SSSR count). The first-order valence-electron chi connectivity index (χ1n) is 9.69. The van der Waals surface area contributed by atoms with Crippen molar-refractivity contribution in [3.05, 3.63) is 76.9 Å². The lowest BCUT2D eigenvalue weighted by atomic mass is 9.94. The highest BCUT2D eigenvalue weighted by molar-refractivity contribution is 6.27. The second-order valence-electron chi connectivity index (χ2n) is 7.56. The monoisotopic (exact) mass is 402 g/mol. The molecule has 0 spiro atoms. The minimum absolute atomic E-state index is 0.0952. The van der Waals surface area contributed by atoms with Crippen molar-refractivity contribution in [3.63, 3.8) is 0 Å². The molecule has 0 radical (unpaired) electrons. The van der Waals surface area contributed by atoms with E-state index in [-0.39, 0.29) is 23.8 Å². The maximum atomic E-state index is 14.5. The minimum atomic E-state index is -0.696. The number of fused-ring (bicyclic) bond motifs is 1. The molecule has 2 aromatic carbocycles. The molecule has 0 saturated heterocycles. The summed E-state index contributed by atoms with van der Waals surface area (Å²) in [6.07, 6.45) is 2.98. The molecule has 3 aliphatic rings. The van der Waals surface area contributed by atoms with Crippen LogP contribution in [-0.2, 0) is 4.79 Å². The normalized spacial score (nSPS) is 20.7. The number of benzene rings is 2. The molecule has 1 amide bonds. The van der Waals surface area contributed by atoms with E-state index in [4.69, 9.17) is 5.26 Å². The smallest absolute Gasteiger partial charge is 0.251 e. The zero-order valence-corrected chi connectivity index (χ0v) is 15.8. The number of halogens is 2. The molecule has 30 heavy (non-hydrogen) atoms. The Kier molecular flexibility index (Phi) is 4.28. The van der Waals surface area contributed by atoms with Gasteiger partial charge in [0.1, 0.15) is 11.6 Å². The first-order chi connectivity index (χ1) is 14.5. The Bertz CT molecular complexity index is 1190. The molecule has 2 aromatic rings. The number of hydrazone groups is 1. The Balaban J connectivity index is 1.57. The van der Waals surface area contributed by atoms with Crippen molar-refractivity contribution >= 4 is 22.9 Å². The molecule has 1 aliphatic carbocycles. The van der Waals surface area contributed by atoms with Crippen molar-refractivity contribution in [1.29, 1.82) is 5.26 Å². The summed E-state index contributed by atoms with van der Waals surface area (Å²) < 4.78 is 27.9. The average Bonchev–Trinajstić information content (AvgIpc) is 3.58. The molecule has 5 nitrogen and oxygen atoms in total. The van der Waals surface area contributed by atoms with E-state index in [1.165, 1.54) is 17.1 Å². The van der Waals surface area contributed by atoms with E-state index in [1.807, 2.05) is 0 Å². The average molecular weight is 402 g/mol. The summed E-state index contributed by atoms with van der Waals surface area (Å²) in [6, 6.07) is 12.4. The second kappa shape index (κ2) is 6.99. The molecular formula is C23H16F2N4O. The van der Waals surface area contributed by atoms with Gasteiger partial charge in [0.25, 0.3) is 5.91 Å². The number of aliphatic imine (C=N–C) groups is 1. The van der Waals surface area contributed by atoms with E-state index in [2.05, 4.69) is 16.2 Å². The van der Waals surface area contributed by atoms with Crippen LogP contribution in [0.15, 0.2) is 58.6 Å². The zero-order chi connectivity index (χ0) is 20.8. The summed E-state index contributed by atoms with van der Waals surface area (Å²) in [5.41, 5.74) is 3.34. The van der Waals surface area contributed by atoms with Gasteiger partial charge in [-0.3, -0.25) is 9.79 Å². The lowest BCUT2D eigenvalue weighted by Gasteiger charge is -2.33. The topological polar surface area (TPSA) is 68.8 Å². The van der Waals surface area contributed by atoms with Crippen LogP contribution in [0.25, 0.3) is 5.57 Å². The molecule has 0 bridgehead atoms. The van der Waals surface area contributed by atoms with Gasteiger partial charge in [-0.2, -0.15) is 10.4 Å². The summed E-state index contributed by atoms with van der Waals surface area (Å²) in [5, 5.41) is 14.9. The predicted octanol–water partition coefficient (Wildman–Crippen LogP) is 4.05. The third kappa shape index (κ3) is 3.20. The fourth-order valence-corrected chi connectivity index (χ4v) is 3.77. The van der Waals surface area contributed by atoms with Gasteiger partial charge in [0.15, 0.2) is 6.17 Å². The maximum Gasteiger partial charge on any atom is 0.251 e. The van der Waals surface area contributed by atoms with Gasteiger partial charge in [-0.25, -0.2) is 13.8 Å². The Morgan fingerprint density at radius 3 is 2.53 bits per heavy atom. The molecular weight excluding hydrogens is 386 g/mol. The number of nitrogens with zero attached hydrogens (tertiary/aromatic N) is 4. The Hall–Kier alpha value is -3.66. The standard InChI is InChI=1S/C23H16F2N4O/c24-16-7-8-17(19(25)9-16)18-10-21-27-20(14-3-1-13(12-26)2-4-14)11-22(30)29(21)28-23(18)15-5-6-15/h1-4,7-10,15,21H,5-6,11H2. The van der Waals surface area contributed by atoms with Gasteiger partial charge in [-0.15, -0.1) is 0 Å². The van der Waals surface area contributed by atoms with E-state index >= 15 is 0 Å². The Labute approximate surface area is 171 Å². The quantitative estimate of drug-likeness (QED) is 0.777. The van der Waals surface area contributed by atoms with Crippen molar-refractivity contribution in [2.45, 2.75) is 25.4 Å². The van der Waals surface area contributed by atoms with E-state index in [0.717, 1.165) is 24.5 Å². The van der Waals surface area contributed by atoms with E-state index < -0.39 is 17.8 Å². The molecule has 7 heteroatoms. The van der Waals surface area contributed by atoms with Crippen molar-refractivity contribution in [2.75, 3.05) is 0 Å². The summed E-state index contributed by atoms with van der Waals surface area (Å²) in [5.74, 6) is -1.34. The number of allylic oxidation sites excluding steroid dienone is 1. The van der Waals surface area contributed by atoms with Crippen LogP contribution in [0.1, 0.15) is 36.0 Å². The van der Waals surface area contributed by atoms with Gasteiger partial charge in [-0.05, 0) is 48.7 Å². The number of amides is 1. The van der Waals surface area contributed by atoms with E-state index in [0.29, 0.717) is 22.6 Å². The molecule has 1 unspecified atom stereocenters. The predicted molar refractivity (Wildman–Crippen MR) is 107 cm³/mol. The van der Waals surface area contributed by atoms with Crippen LogP contribution in [0.2, 0.25) is 0 Å². The number of carbonyl (C=O) groups is 1. The van der Waals surface area contributed by atoms with Crippen LogP contribution in [0.4, 0.5) is 8.78 Å². The highest BCUT2D eigenvalue weighted by atomic mass is 19.1. The van der Waals surface area contributed by atoms with Crippen LogP contribution in [0, 0.1) is 28.9 Å². The fourth-order valence-electron chi connectivity index (χ4n) is 3.77. The number of hydrogen-bond donors (Lipinski definition) is 0. The third-order valence-electron chi connectivity index (χ3n) is 5.45. The Morgan fingerprint density at radius 1 is 1.10 bits per heavy atom. The van der Waals surface area contributed by atoms with Gasteiger partial charge in [0.05, 0.1) is 29.5 Å².